The second kappa shape index (κ2) is 7.88. The normalized spacial score (nSPS) is 29.9. The van der Waals surface area contributed by atoms with Gasteiger partial charge in [0, 0.05) is 25.7 Å². The van der Waals surface area contributed by atoms with Gasteiger partial charge in [-0.2, -0.15) is 0 Å². The van der Waals surface area contributed by atoms with Crippen molar-refractivity contribution in [1.29, 1.82) is 0 Å². The summed E-state index contributed by atoms with van der Waals surface area (Å²) in [5.74, 6) is -0.626. The summed E-state index contributed by atoms with van der Waals surface area (Å²) >= 11 is 0. The maximum atomic E-state index is 13.1. The Labute approximate surface area is 178 Å². The van der Waals surface area contributed by atoms with Crippen LogP contribution in [-0.4, -0.2) is 35.1 Å². The molecule has 0 aromatic heterocycles. The summed E-state index contributed by atoms with van der Waals surface area (Å²) < 4.78 is 12.3. The molecule has 158 valence electrons. The molecule has 0 radical (unpaired) electrons. The molecule has 30 heavy (non-hydrogen) atoms. The minimum absolute atomic E-state index is 0.00619. The van der Waals surface area contributed by atoms with Gasteiger partial charge < -0.3 is 14.4 Å². The second-order valence-electron chi connectivity index (χ2n) is 8.82. The number of hydrogen-bond donors (Lipinski definition) is 0. The highest BCUT2D eigenvalue weighted by Crippen LogP contribution is 2.56. The molecule has 5 atom stereocenters. The molecule has 0 saturated carbocycles. The van der Waals surface area contributed by atoms with Gasteiger partial charge in [0.2, 0.25) is 5.91 Å². The number of rotatable bonds is 3. The van der Waals surface area contributed by atoms with E-state index in [0.29, 0.717) is 6.61 Å². The third kappa shape index (κ3) is 3.52. The SMILES string of the molecule is CC(=O)O[C@@H]1[C@H]2COC(C)(C)[C@@H]1[C@@H](c1ccccc1)N(C(C)=O)[C@H]2c1ccccc1. The van der Waals surface area contributed by atoms with Crippen molar-refractivity contribution in [3.05, 3.63) is 71.8 Å². The lowest BCUT2D eigenvalue weighted by atomic mass is 9.64. The molecule has 0 unspecified atom stereocenters. The average Bonchev–Trinajstić information content (AvgIpc) is 2.71. The number of hydrogen-bond acceptors (Lipinski definition) is 4. The smallest absolute Gasteiger partial charge is 0.302 e. The van der Waals surface area contributed by atoms with Crippen molar-refractivity contribution >= 4 is 11.9 Å². The Hall–Kier alpha value is -2.66. The van der Waals surface area contributed by atoms with E-state index in [4.69, 9.17) is 9.47 Å². The molecule has 0 spiro atoms. The minimum Gasteiger partial charge on any atom is -0.462 e. The summed E-state index contributed by atoms with van der Waals surface area (Å²) in [6.07, 6.45) is -0.350. The molecule has 2 fully saturated rings. The Morgan fingerprint density at radius 2 is 1.47 bits per heavy atom. The van der Waals surface area contributed by atoms with Crippen LogP contribution in [0.4, 0.5) is 0 Å². The number of ether oxygens (including phenoxy) is 2. The van der Waals surface area contributed by atoms with Crippen LogP contribution in [-0.2, 0) is 19.1 Å². The zero-order chi connectivity index (χ0) is 21.5. The summed E-state index contributed by atoms with van der Waals surface area (Å²) in [6, 6.07) is 19.5. The van der Waals surface area contributed by atoms with Crippen LogP contribution in [0.5, 0.6) is 0 Å². The fourth-order valence-electron chi connectivity index (χ4n) is 5.37. The number of esters is 1. The lowest BCUT2D eigenvalue weighted by Crippen LogP contribution is -2.65. The van der Waals surface area contributed by atoms with E-state index in [-0.39, 0.29) is 41.9 Å². The Morgan fingerprint density at radius 3 is 1.97 bits per heavy atom. The molecule has 5 nitrogen and oxygen atoms in total. The molecule has 2 bridgehead atoms. The number of benzene rings is 2. The fourth-order valence-corrected chi connectivity index (χ4v) is 5.37. The topological polar surface area (TPSA) is 55.8 Å². The van der Waals surface area contributed by atoms with E-state index in [2.05, 4.69) is 0 Å². The first-order chi connectivity index (χ1) is 14.3. The van der Waals surface area contributed by atoms with Crippen molar-refractivity contribution in [2.24, 2.45) is 11.8 Å². The quantitative estimate of drug-likeness (QED) is 0.712. The molecular weight excluding hydrogens is 378 g/mol. The molecule has 4 rings (SSSR count). The number of carbonyl (C=O) groups excluding carboxylic acids is 2. The maximum Gasteiger partial charge on any atom is 0.302 e. The highest BCUT2D eigenvalue weighted by molar-refractivity contribution is 5.75. The maximum absolute atomic E-state index is 13.1. The molecule has 2 saturated heterocycles. The summed E-state index contributed by atoms with van der Waals surface area (Å²) in [5.41, 5.74) is 1.48. The number of carbonyl (C=O) groups is 2. The van der Waals surface area contributed by atoms with E-state index in [1.165, 1.54) is 6.92 Å². The van der Waals surface area contributed by atoms with Gasteiger partial charge in [0.05, 0.1) is 24.3 Å². The summed E-state index contributed by atoms with van der Waals surface area (Å²) in [6.45, 7) is 7.56. The largest absolute Gasteiger partial charge is 0.462 e. The van der Waals surface area contributed by atoms with Gasteiger partial charge in [-0.3, -0.25) is 9.59 Å². The van der Waals surface area contributed by atoms with E-state index < -0.39 is 5.60 Å². The Morgan fingerprint density at radius 1 is 0.933 bits per heavy atom. The first-order valence-electron chi connectivity index (χ1n) is 10.5. The van der Waals surface area contributed by atoms with Gasteiger partial charge in [0.1, 0.15) is 6.10 Å². The van der Waals surface area contributed by atoms with Gasteiger partial charge in [-0.1, -0.05) is 60.7 Å². The van der Waals surface area contributed by atoms with Crippen molar-refractivity contribution in [3.8, 4) is 0 Å². The van der Waals surface area contributed by atoms with E-state index in [0.717, 1.165) is 11.1 Å². The first-order valence-corrected chi connectivity index (χ1v) is 10.5. The van der Waals surface area contributed by atoms with Gasteiger partial charge in [0.15, 0.2) is 0 Å². The van der Waals surface area contributed by atoms with Crippen LogP contribution >= 0.6 is 0 Å². The van der Waals surface area contributed by atoms with E-state index in [9.17, 15) is 9.59 Å². The van der Waals surface area contributed by atoms with Crippen LogP contribution in [0, 0.1) is 11.8 Å². The molecular formula is C25H29NO4. The number of piperidine rings is 1. The summed E-state index contributed by atoms with van der Waals surface area (Å²) in [7, 11) is 0. The molecule has 2 aliphatic rings. The van der Waals surface area contributed by atoms with Crippen LogP contribution < -0.4 is 0 Å². The molecule has 0 aliphatic carbocycles. The molecule has 2 aromatic rings. The fraction of sp³-hybridized carbons (Fsp3) is 0.440. The van der Waals surface area contributed by atoms with Gasteiger partial charge in [-0.05, 0) is 25.0 Å². The number of fused-ring (bicyclic) bond motifs is 2. The standard InChI is InChI=1S/C25H29NO4/c1-16(27)26-22(18-11-7-5-8-12-18)20-15-29-25(3,4)21(24(20)30-17(2)28)23(26)19-13-9-6-10-14-19/h5-14,20-24H,15H2,1-4H3/t20-,21+,22-,23+,24+/m0/s1. The van der Waals surface area contributed by atoms with Crippen molar-refractivity contribution in [3.63, 3.8) is 0 Å². The Balaban J connectivity index is 1.94. The third-order valence-electron chi connectivity index (χ3n) is 6.52. The van der Waals surface area contributed by atoms with Gasteiger partial charge in [-0.15, -0.1) is 0 Å². The van der Waals surface area contributed by atoms with E-state index >= 15 is 0 Å². The van der Waals surface area contributed by atoms with E-state index in [1.54, 1.807) is 6.92 Å². The zero-order valence-corrected chi connectivity index (χ0v) is 17.9. The van der Waals surface area contributed by atoms with Gasteiger partial charge in [0.25, 0.3) is 0 Å². The summed E-state index contributed by atoms with van der Waals surface area (Å²) in [4.78, 5) is 27.2. The molecule has 2 aromatic carbocycles. The lowest BCUT2D eigenvalue weighted by molar-refractivity contribution is -0.246. The highest BCUT2D eigenvalue weighted by Gasteiger charge is 2.60. The Kier molecular flexibility index (Phi) is 5.41. The van der Waals surface area contributed by atoms with Gasteiger partial charge in [-0.25, -0.2) is 0 Å². The van der Waals surface area contributed by atoms with Crippen molar-refractivity contribution < 1.29 is 19.1 Å². The number of amides is 1. The number of nitrogens with zero attached hydrogens (tertiary/aromatic N) is 1. The molecule has 5 heteroatoms. The van der Waals surface area contributed by atoms with Gasteiger partial charge >= 0.3 is 5.97 Å². The first kappa shape index (κ1) is 20.6. The van der Waals surface area contributed by atoms with Crippen LogP contribution in [0.25, 0.3) is 0 Å². The summed E-state index contributed by atoms with van der Waals surface area (Å²) in [5, 5.41) is 0. The highest BCUT2D eigenvalue weighted by atomic mass is 16.6. The predicted molar refractivity (Wildman–Crippen MR) is 113 cm³/mol. The molecule has 2 heterocycles. The average molecular weight is 408 g/mol. The van der Waals surface area contributed by atoms with Crippen LogP contribution in [0.15, 0.2) is 60.7 Å². The monoisotopic (exact) mass is 407 g/mol. The third-order valence-corrected chi connectivity index (χ3v) is 6.52. The molecule has 0 N–H and O–H groups in total. The lowest BCUT2D eigenvalue weighted by Gasteiger charge is -2.60. The van der Waals surface area contributed by atoms with Crippen LogP contribution in [0.3, 0.4) is 0 Å². The van der Waals surface area contributed by atoms with E-state index in [1.807, 2.05) is 79.4 Å². The Bertz CT molecular complexity index is 911. The second-order valence-corrected chi connectivity index (χ2v) is 8.82. The van der Waals surface area contributed by atoms with Crippen LogP contribution in [0.2, 0.25) is 0 Å². The zero-order valence-electron chi connectivity index (χ0n) is 17.9. The molecule has 2 aliphatic heterocycles. The molecule has 1 amide bonds. The van der Waals surface area contributed by atoms with Crippen molar-refractivity contribution in [2.75, 3.05) is 6.61 Å². The van der Waals surface area contributed by atoms with Crippen molar-refractivity contribution in [1.82, 2.24) is 4.90 Å². The number of likely N-dealkylation sites (tertiary alicyclic amines) is 1. The predicted octanol–water partition coefficient (Wildman–Crippen LogP) is 4.30. The minimum atomic E-state index is -0.563. The van der Waals surface area contributed by atoms with Crippen LogP contribution in [0.1, 0.15) is 50.9 Å². The van der Waals surface area contributed by atoms with Crippen molar-refractivity contribution in [2.45, 2.75) is 51.5 Å².